The second kappa shape index (κ2) is 7.75. The Kier molecular flexibility index (Phi) is 6.33. The molecule has 0 saturated heterocycles. The monoisotopic (exact) mass is 303 g/mol. The van der Waals surface area contributed by atoms with E-state index in [-0.39, 0.29) is 18.9 Å². The fourth-order valence-electron chi connectivity index (χ4n) is 1.79. The second-order valence-electron chi connectivity index (χ2n) is 4.25. The first-order valence-electron chi connectivity index (χ1n) is 6.74. The van der Waals surface area contributed by atoms with E-state index in [1.807, 2.05) is 18.7 Å². The van der Waals surface area contributed by atoms with Gasteiger partial charge in [0, 0.05) is 13.1 Å². The lowest BCUT2D eigenvalue weighted by atomic mass is 10.2. The van der Waals surface area contributed by atoms with Crippen molar-refractivity contribution in [1.29, 1.82) is 0 Å². The lowest BCUT2D eigenvalue weighted by molar-refractivity contribution is -0.138. The van der Waals surface area contributed by atoms with Gasteiger partial charge in [0.2, 0.25) is 0 Å². The molecule has 0 atom stereocenters. The summed E-state index contributed by atoms with van der Waals surface area (Å²) < 4.78 is 43.4. The van der Waals surface area contributed by atoms with Crippen LogP contribution in [0.4, 0.5) is 13.2 Å². The van der Waals surface area contributed by atoms with Gasteiger partial charge in [-0.25, -0.2) is 4.99 Å². The second-order valence-corrected chi connectivity index (χ2v) is 4.25. The van der Waals surface area contributed by atoms with Crippen LogP contribution >= 0.6 is 0 Å². The Morgan fingerprint density at radius 3 is 2.43 bits per heavy atom. The minimum atomic E-state index is -4.43. The average Bonchev–Trinajstić information content (AvgIpc) is 2.44. The molecule has 0 unspecified atom stereocenters. The molecular formula is C14H20F3N3O. The van der Waals surface area contributed by atoms with E-state index in [2.05, 4.69) is 4.99 Å². The van der Waals surface area contributed by atoms with E-state index in [9.17, 15) is 13.2 Å². The maximum atomic E-state index is 12.7. The number of halogens is 3. The molecule has 0 radical (unpaired) electrons. The van der Waals surface area contributed by atoms with Crippen LogP contribution < -0.4 is 10.5 Å². The molecule has 21 heavy (non-hydrogen) atoms. The van der Waals surface area contributed by atoms with Crippen LogP contribution in [0.25, 0.3) is 0 Å². The van der Waals surface area contributed by atoms with Crippen LogP contribution in [0.1, 0.15) is 19.4 Å². The summed E-state index contributed by atoms with van der Waals surface area (Å²) in [5.74, 6) is 0.175. The van der Waals surface area contributed by atoms with Crippen LogP contribution in [0.3, 0.4) is 0 Å². The molecule has 0 fully saturated rings. The predicted molar refractivity (Wildman–Crippen MR) is 76.3 cm³/mol. The van der Waals surface area contributed by atoms with E-state index in [1.165, 1.54) is 18.2 Å². The summed E-state index contributed by atoms with van der Waals surface area (Å²) in [7, 11) is 0. The van der Waals surface area contributed by atoms with Gasteiger partial charge in [-0.05, 0) is 26.0 Å². The van der Waals surface area contributed by atoms with Crippen LogP contribution in [-0.4, -0.2) is 37.1 Å². The van der Waals surface area contributed by atoms with Gasteiger partial charge in [-0.1, -0.05) is 12.1 Å². The normalized spacial score (nSPS) is 12.3. The molecule has 0 aliphatic heterocycles. The average molecular weight is 303 g/mol. The number of nitrogens with zero attached hydrogens (tertiary/aromatic N) is 2. The molecule has 1 rings (SSSR count). The quantitative estimate of drug-likeness (QED) is 0.499. The van der Waals surface area contributed by atoms with Crippen molar-refractivity contribution in [3.05, 3.63) is 29.8 Å². The number of hydrogen-bond donors (Lipinski definition) is 1. The number of hydrogen-bond acceptors (Lipinski definition) is 2. The van der Waals surface area contributed by atoms with Gasteiger partial charge in [0.05, 0.1) is 12.1 Å². The summed E-state index contributed by atoms with van der Waals surface area (Å²) in [6.45, 7) is 5.58. The van der Waals surface area contributed by atoms with Crippen LogP contribution in [0, 0.1) is 0 Å². The highest BCUT2D eigenvalue weighted by atomic mass is 19.4. The Hall–Kier alpha value is -1.92. The molecule has 0 saturated carbocycles. The first-order valence-corrected chi connectivity index (χ1v) is 6.74. The van der Waals surface area contributed by atoms with Crippen molar-refractivity contribution >= 4 is 5.96 Å². The molecule has 0 amide bonds. The molecule has 0 aliphatic rings. The highest BCUT2D eigenvalue weighted by Crippen LogP contribution is 2.35. The Labute approximate surface area is 122 Å². The molecule has 0 aliphatic carbocycles. The van der Waals surface area contributed by atoms with Crippen molar-refractivity contribution in [2.45, 2.75) is 20.0 Å². The van der Waals surface area contributed by atoms with Gasteiger partial charge in [0.25, 0.3) is 0 Å². The summed E-state index contributed by atoms with van der Waals surface area (Å²) in [4.78, 5) is 5.94. The van der Waals surface area contributed by atoms with Crippen molar-refractivity contribution in [2.24, 2.45) is 10.7 Å². The van der Waals surface area contributed by atoms with Gasteiger partial charge in [-0.3, -0.25) is 0 Å². The molecule has 1 aromatic rings. The van der Waals surface area contributed by atoms with E-state index in [4.69, 9.17) is 10.5 Å². The fraction of sp³-hybridized carbons (Fsp3) is 0.500. The summed E-state index contributed by atoms with van der Waals surface area (Å²) in [6.07, 6.45) is -4.43. The van der Waals surface area contributed by atoms with E-state index in [1.54, 1.807) is 0 Å². The number of aliphatic imine (C=N–C) groups is 1. The fourth-order valence-corrected chi connectivity index (χ4v) is 1.79. The zero-order valence-corrected chi connectivity index (χ0v) is 12.2. The molecule has 0 bridgehead atoms. The zero-order valence-electron chi connectivity index (χ0n) is 12.2. The minimum absolute atomic E-state index is 0.0368. The predicted octanol–water partition coefficient (Wildman–Crippen LogP) is 2.74. The van der Waals surface area contributed by atoms with Gasteiger partial charge >= 0.3 is 6.18 Å². The molecule has 118 valence electrons. The molecule has 2 N–H and O–H groups in total. The lowest BCUT2D eigenvalue weighted by Gasteiger charge is -2.19. The van der Waals surface area contributed by atoms with Gasteiger partial charge < -0.3 is 15.4 Å². The number of alkyl halides is 3. The Morgan fingerprint density at radius 1 is 1.24 bits per heavy atom. The van der Waals surface area contributed by atoms with E-state index >= 15 is 0 Å². The first-order chi connectivity index (χ1) is 9.90. The Bertz CT molecular complexity index is 471. The SMILES string of the molecule is CCN(CC)C(N)=NCCOc1ccccc1C(F)(F)F. The maximum Gasteiger partial charge on any atom is 0.419 e. The lowest BCUT2D eigenvalue weighted by Crippen LogP contribution is -2.37. The summed E-state index contributed by atoms with van der Waals surface area (Å²) in [5, 5.41) is 0. The van der Waals surface area contributed by atoms with Crippen molar-refractivity contribution in [2.75, 3.05) is 26.2 Å². The molecule has 1 aromatic carbocycles. The molecule has 0 aromatic heterocycles. The molecule has 0 spiro atoms. The summed E-state index contributed by atoms with van der Waals surface area (Å²) in [5.41, 5.74) is 4.97. The summed E-state index contributed by atoms with van der Waals surface area (Å²) in [6, 6.07) is 5.10. The molecule has 7 heteroatoms. The van der Waals surface area contributed by atoms with Crippen LogP contribution in [-0.2, 0) is 6.18 Å². The van der Waals surface area contributed by atoms with E-state index < -0.39 is 11.7 Å². The van der Waals surface area contributed by atoms with Gasteiger partial charge in [-0.15, -0.1) is 0 Å². The first kappa shape index (κ1) is 17.1. The van der Waals surface area contributed by atoms with Gasteiger partial charge in [-0.2, -0.15) is 13.2 Å². The molecular weight excluding hydrogens is 283 g/mol. The third-order valence-electron chi connectivity index (χ3n) is 2.90. The van der Waals surface area contributed by atoms with Crippen LogP contribution in [0.2, 0.25) is 0 Å². The van der Waals surface area contributed by atoms with Crippen LogP contribution in [0.5, 0.6) is 5.75 Å². The highest BCUT2D eigenvalue weighted by molar-refractivity contribution is 5.77. The van der Waals surface area contributed by atoms with E-state index in [0.29, 0.717) is 5.96 Å². The smallest absolute Gasteiger partial charge is 0.419 e. The number of nitrogens with two attached hydrogens (primary N) is 1. The topological polar surface area (TPSA) is 50.8 Å². The largest absolute Gasteiger partial charge is 0.491 e. The van der Waals surface area contributed by atoms with E-state index in [0.717, 1.165) is 19.2 Å². The van der Waals surface area contributed by atoms with Crippen LogP contribution in [0.15, 0.2) is 29.3 Å². The third-order valence-corrected chi connectivity index (χ3v) is 2.90. The van der Waals surface area contributed by atoms with Crippen molar-refractivity contribution in [1.82, 2.24) is 4.90 Å². The van der Waals surface area contributed by atoms with Crippen molar-refractivity contribution < 1.29 is 17.9 Å². The Balaban J connectivity index is 2.60. The number of guanidine groups is 1. The number of para-hydroxylation sites is 1. The summed E-state index contributed by atoms with van der Waals surface area (Å²) >= 11 is 0. The zero-order chi connectivity index (χ0) is 15.9. The maximum absolute atomic E-state index is 12.7. The standard InChI is InChI=1S/C14H20F3N3O/c1-3-20(4-2)13(18)19-9-10-21-12-8-6-5-7-11(12)14(15,16)17/h5-8H,3-4,9-10H2,1-2H3,(H2,18,19). The molecule has 4 nitrogen and oxygen atoms in total. The number of benzene rings is 1. The highest BCUT2D eigenvalue weighted by Gasteiger charge is 2.33. The van der Waals surface area contributed by atoms with Crippen molar-refractivity contribution in [3.8, 4) is 5.75 Å². The van der Waals surface area contributed by atoms with Gasteiger partial charge in [0.1, 0.15) is 12.4 Å². The third kappa shape index (κ3) is 5.17. The number of rotatable bonds is 6. The minimum Gasteiger partial charge on any atom is -0.491 e. The van der Waals surface area contributed by atoms with Crippen molar-refractivity contribution in [3.63, 3.8) is 0 Å². The molecule has 0 heterocycles. The Morgan fingerprint density at radius 2 is 1.86 bits per heavy atom. The van der Waals surface area contributed by atoms with Gasteiger partial charge in [0.15, 0.2) is 5.96 Å². The number of ether oxygens (including phenoxy) is 1.